The molecule has 1 aromatic carbocycles. The van der Waals surface area contributed by atoms with Gasteiger partial charge in [-0.05, 0) is 25.0 Å². The van der Waals surface area contributed by atoms with E-state index < -0.39 is 0 Å². The highest BCUT2D eigenvalue weighted by atomic mass is 16.5. The molecule has 0 bridgehead atoms. The zero-order chi connectivity index (χ0) is 13.5. The summed E-state index contributed by atoms with van der Waals surface area (Å²) in [5.74, 6) is 0.672. The molecule has 0 N–H and O–H groups in total. The minimum absolute atomic E-state index is 0.0298. The van der Waals surface area contributed by atoms with Crippen LogP contribution >= 0.6 is 0 Å². The van der Waals surface area contributed by atoms with Crippen molar-refractivity contribution in [2.75, 3.05) is 14.2 Å². The average Bonchev–Trinajstić information content (AvgIpc) is 2.38. The van der Waals surface area contributed by atoms with Crippen LogP contribution in [-0.4, -0.2) is 31.0 Å². The first-order chi connectivity index (χ1) is 8.60. The molecule has 4 heteroatoms. The van der Waals surface area contributed by atoms with E-state index in [0.717, 1.165) is 11.3 Å². The van der Waals surface area contributed by atoms with Gasteiger partial charge in [-0.15, -0.1) is 0 Å². The molecule has 0 aliphatic carbocycles. The first-order valence-corrected chi connectivity index (χ1v) is 5.84. The number of benzene rings is 1. The van der Waals surface area contributed by atoms with Gasteiger partial charge in [0.15, 0.2) is 0 Å². The Kier molecular flexibility index (Phi) is 5.19. The fourth-order valence-corrected chi connectivity index (χ4v) is 1.76. The van der Waals surface area contributed by atoms with Crippen LogP contribution in [0.3, 0.4) is 0 Å². The van der Waals surface area contributed by atoms with E-state index in [4.69, 9.17) is 10.00 Å². The second kappa shape index (κ2) is 6.65. The summed E-state index contributed by atoms with van der Waals surface area (Å²) in [5.41, 5.74) is 1.06. The second-order valence-corrected chi connectivity index (χ2v) is 4.20. The van der Waals surface area contributed by atoms with Gasteiger partial charge in [-0.2, -0.15) is 5.26 Å². The van der Waals surface area contributed by atoms with Gasteiger partial charge in [-0.3, -0.25) is 4.79 Å². The fourth-order valence-electron chi connectivity index (χ4n) is 1.76. The van der Waals surface area contributed by atoms with E-state index in [-0.39, 0.29) is 18.4 Å². The zero-order valence-electron chi connectivity index (χ0n) is 11.0. The van der Waals surface area contributed by atoms with Crippen LogP contribution in [0.2, 0.25) is 0 Å². The van der Waals surface area contributed by atoms with Gasteiger partial charge in [-0.1, -0.05) is 18.2 Å². The highest BCUT2D eigenvalue weighted by Crippen LogP contribution is 2.20. The summed E-state index contributed by atoms with van der Waals surface area (Å²) in [6.45, 7) is 1.96. The Hall–Kier alpha value is -2.02. The number of hydrogen-bond donors (Lipinski definition) is 0. The van der Waals surface area contributed by atoms with Crippen LogP contribution < -0.4 is 4.74 Å². The lowest BCUT2D eigenvalue weighted by Crippen LogP contribution is -2.36. The van der Waals surface area contributed by atoms with E-state index in [0.29, 0.717) is 6.42 Å². The van der Waals surface area contributed by atoms with Crippen molar-refractivity contribution >= 4 is 5.91 Å². The molecule has 0 saturated carbocycles. The molecule has 0 saturated heterocycles. The molecule has 1 atom stereocenters. The van der Waals surface area contributed by atoms with Crippen LogP contribution in [0.15, 0.2) is 24.3 Å². The predicted octanol–water partition coefficient (Wildman–Crippen LogP) is 2.00. The van der Waals surface area contributed by atoms with Crippen molar-refractivity contribution in [2.45, 2.75) is 25.8 Å². The Balaban J connectivity index is 2.72. The first-order valence-electron chi connectivity index (χ1n) is 5.84. The minimum atomic E-state index is -0.153. The maximum absolute atomic E-state index is 11.6. The Morgan fingerprint density at radius 2 is 2.17 bits per heavy atom. The minimum Gasteiger partial charge on any atom is -0.496 e. The highest BCUT2D eigenvalue weighted by Gasteiger charge is 2.17. The normalized spacial score (nSPS) is 11.4. The van der Waals surface area contributed by atoms with Crippen LogP contribution in [0, 0.1) is 11.3 Å². The Bertz CT molecular complexity index is 451. The Labute approximate surface area is 108 Å². The van der Waals surface area contributed by atoms with Gasteiger partial charge in [0.05, 0.1) is 13.2 Å². The number of likely N-dealkylation sites (N-methyl/N-ethyl adjacent to an activating group) is 1. The third-order valence-electron chi connectivity index (χ3n) is 2.99. The van der Waals surface area contributed by atoms with Gasteiger partial charge in [0.25, 0.3) is 0 Å². The number of carbonyl (C=O) groups is 1. The topological polar surface area (TPSA) is 53.3 Å². The number of hydrogen-bond acceptors (Lipinski definition) is 3. The van der Waals surface area contributed by atoms with Crippen molar-refractivity contribution in [1.29, 1.82) is 5.26 Å². The maximum atomic E-state index is 11.6. The number of methoxy groups -OCH3 is 1. The lowest BCUT2D eigenvalue weighted by Gasteiger charge is -2.24. The molecule has 0 aliphatic rings. The molecule has 1 rings (SSSR count). The van der Waals surface area contributed by atoms with E-state index in [1.54, 1.807) is 19.1 Å². The number of ether oxygens (including phenoxy) is 1. The van der Waals surface area contributed by atoms with Gasteiger partial charge < -0.3 is 9.64 Å². The number of amides is 1. The number of nitriles is 1. The zero-order valence-corrected chi connectivity index (χ0v) is 11.0. The average molecular weight is 246 g/mol. The highest BCUT2D eigenvalue weighted by molar-refractivity contribution is 5.78. The molecule has 1 aromatic rings. The largest absolute Gasteiger partial charge is 0.496 e. The molecule has 1 unspecified atom stereocenters. The maximum Gasteiger partial charge on any atom is 0.236 e. The molecule has 0 fully saturated rings. The number of nitrogens with zero attached hydrogens (tertiary/aromatic N) is 2. The van der Waals surface area contributed by atoms with E-state index in [2.05, 4.69) is 0 Å². The molecule has 0 spiro atoms. The predicted molar refractivity (Wildman–Crippen MR) is 69.2 cm³/mol. The molecule has 1 amide bonds. The van der Waals surface area contributed by atoms with Crippen LogP contribution in [0.25, 0.3) is 0 Å². The Morgan fingerprint density at radius 1 is 1.50 bits per heavy atom. The van der Waals surface area contributed by atoms with Crippen molar-refractivity contribution in [1.82, 2.24) is 4.90 Å². The summed E-state index contributed by atoms with van der Waals surface area (Å²) in [5, 5.41) is 8.52. The SMILES string of the molecule is COc1ccccc1CC(C)N(C)C(=O)CC#N. The van der Waals surface area contributed by atoms with Crippen LogP contribution in [-0.2, 0) is 11.2 Å². The quantitative estimate of drug-likeness (QED) is 0.798. The smallest absolute Gasteiger partial charge is 0.236 e. The standard InChI is InChI=1S/C14H18N2O2/c1-11(16(2)14(17)8-9-15)10-12-6-4-5-7-13(12)18-3/h4-7,11H,8,10H2,1-3H3. The molecular formula is C14H18N2O2. The van der Waals surface area contributed by atoms with Crippen molar-refractivity contribution in [2.24, 2.45) is 0 Å². The third-order valence-corrected chi connectivity index (χ3v) is 2.99. The molecule has 0 heterocycles. The Morgan fingerprint density at radius 3 is 2.78 bits per heavy atom. The van der Waals surface area contributed by atoms with E-state index in [9.17, 15) is 4.79 Å². The lowest BCUT2D eigenvalue weighted by atomic mass is 10.0. The van der Waals surface area contributed by atoms with Crippen molar-refractivity contribution in [3.8, 4) is 11.8 Å². The van der Waals surface area contributed by atoms with E-state index in [1.807, 2.05) is 37.3 Å². The van der Waals surface area contributed by atoms with Gasteiger partial charge >= 0.3 is 0 Å². The second-order valence-electron chi connectivity index (χ2n) is 4.20. The van der Waals surface area contributed by atoms with Crippen molar-refractivity contribution < 1.29 is 9.53 Å². The molecule has 96 valence electrons. The molecule has 0 aliphatic heterocycles. The monoisotopic (exact) mass is 246 g/mol. The van der Waals surface area contributed by atoms with Gasteiger partial charge in [-0.25, -0.2) is 0 Å². The van der Waals surface area contributed by atoms with Gasteiger partial charge in [0, 0.05) is 13.1 Å². The fraction of sp³-hybridized carbons (Fsp3) is 0.429. The molecule has 0 aromatic heterocycles. The van der Waals surface area contributed by atoms with Crippen LogP contribution in [0.4, 0.5) is 0 Å². The van der Waals surface area contributed by atoms with Gasteiger partial charge in [0.2, 0.25) is 5.91 Å². The molecular weight excluding hydrogens is 228 g/mol. The third kappa shape index (κ3) is 3.49. The molecule has 18 heavy (non-hydrogen) atoms. The first kappa shape index (κ1) is 14.0. The summed E-state index contributed by atoms with van der Waals surface area (Å²) in [6, 6.07) is 9.65. The van der Waals surface area contributed by atoms with E-state index in [1.165, 1.54) is 0 Å². The summed E-state index contributed by atoms with van der Waals surface area (Å²) in [6.07, 6.45) is 0.629. The number of para-hydroxylation sites is 1. The number of rotatable bonds is 5. The van der Waals surface area contributed by atoms with Gasteiger partial charge in [0.1, 0.15) is 12.2 Å². The van der Waals surface area contributed by atoms with E-state index >= 15 is 0 Å². The lowest BCUT2D eigenvalue weighted by molar-refractivity contribution is -0.130. The van der Waals surface area contributed by atoms with Crippen molar-refractivity contribution in [3.05, 3.63) is 29.8 Å². The van der Waals surface area contributed by atoms with Crippen molar-refractivity contribution in [3.63, 3.8) is 0 Å². The molecule has 4 nitrogen and oxygen atoms in total. The molecule has 0 radical (unpaired) electrons. The van der Waals surface area contributed by atoms with Crippen LogP contribution in [0.5, 0.6) is 5.75 Å². The summed E-state index contributed by atoms with van der Waals surface area (Å²) in [4.78, 5) is 13.2. The summed E-state index contributed by atoms with van der Waals surface area (Å²) >= 11 is 0. The van der Waals surface area contributed by atoms with Crippen LogP contribution in [0.1, 0.15) is 18.9 Å². The summed E-state index contributed by atoms with van der Waals surface area (Å²) < 4.78 is 5.28. The summed E-state index contributed by atoms with van der Waals surface area (Å²) in [7, 11) is 3.35. The number of carbonyl (C=O) groups excluding carboxylic acids is 1.